The number of aryl methyl sites for hydroxylation is 2. The van der Waals surface area contributed by atoms with Crippen molar-refractivity contribution < 1.29 is 4.79 Å². The van der Waals surface area contributed by atoms with Crippen LogP contribution in [0.2, 0.25) is 0 Å². The minimum absolute atomic E-state index is 0.0192. The van der Waals surface area contributed by atoms with Gasteiger partial charge in [0.1, 0.15) is 0 Å². The highest BCUT2D eigenvalue weighted by Crippen LogP contribution is 2.22. The van der Waals surface area contributed by atoms with Crippen molar-refractivity contribution in [2.75, 3.05) is 0 Å². The molecule has 0 radical (unpaired) electrons. The number of aromatic nitrogens is 1. The Morgan fingerprint density at radius 1 is 1.32 bits per heavy atom. The van der Waals surface area contributed by atoms with Crippen LogP contribution in [0.3, 0.4) is 0 Å². The predicted molar refractivity (Wildman–Crippen MR) is 80.3 cm³/mol. The number of amides is 1. The minimum atomic E-state index is -0.0192. The van der Waals surface area contributed by atoms with Crippen molar-refractivity contribution in [1.29, 1.82) is 0 Å². The minimum Gasteiger partial charge on any atom is -0.316 e. The Bertz CT molecular complexity index is 652. The maximum atomic E-state index is 11.7. The third-order valence-electron chi connectivity index (χ3n) is 3.17. The number of hydrogen-bond acceptors (Lipinski definition) is 2. The van der Waals surface area contributed by atoms with E-state index in [1.165, 1.54) is 15.8 Å². The summed E-state index contributed by atoms with van der Waals surface area (Å²) in [7, 11) is 0. The molecule has 0 saturated carbocycles. The van der Waals surface area contributed by atoms with E-state index in [1.54, 1.807) is 11.3 Å². The Hall–Kier alpha value is -1.42. The van der Waals surface area contributed by atoms with Gasteiger partial charge in [0, 0.05) is 13.0 Å². The lowest BCUT2D eigenvalue weighted by atomic mass is 10.1. The normalized spacial score (nSPS) is 12.3. The van der Waals surface area contributed by atoms with Gasteiger partial charge in [-0.3, -0.25) is 4.79 Å². The molecule has 0 unspecified atom stereocenters. The monoisotopic (exact) mass is 276 g/mol. The Labute approximate surface area is 117 Å². The molecule has 1 aromatic heterocycles. The van der Waals surface area contributed by atoms with Crippen molar-refractivity contribution in [3.05, 3.63) is 28.6 Å². The van der Waals surface area contributed by atoms with Crippen molar-refractivity contribution in [3.8, 4) is 0 Å². The fourth-order valence-corrected chi connectivity index (χ4v) is 3.40. The highest BCUT2D eigenvalue weighted by molar-refractivity contribution is 7.16. The van der Waals surface area contributed by atoms with Gasteiger partial charge in [-0.25, -0.2) is 0 Å². The molecule has 1 aromatic carbocycles. The summed E-state index contributed by atoms with van der Waals surface area (Å²) >= 11 is 1.61. The van der Waals surface area contributed by atoms with Crippen LogP contribution in [0.15, 0.2) is 23.2 Å². The van der Waals surface area contributed by atoms with E-state index in [0.29, 0.717) is 6.42 Å². The Balaban J connectivity index is 2.66. The standard InChI is InChI=1S/C15H20N2OS/c1-4-8-13(18)16-15-17(6-3)14-11(5-2)9-7-10-12(14)19-15/h7,9-10H,4-6,8H2,1-3H3. The van der Waals surface area contributed by atoms with Gasteiger partial charge in [0.25, 0.3) is 0 Å². The Kier molecular flexibility index (Phi) is 4.53. The molecule has 0 aliphatic rings. The number of thiazole rings is 1. The average Bonchev–Trinajstić information content (AvgIpc) is 2.75. The number of hydrogen-bond donors (Lipinski definition) is 0. The fraction of sp³-hybridized carbons (Fsp3) is 0.467. The molecule has 0 bridgehead atoms. The van der Waals surface area contributed by atoms with Gasteiger partial charge in [0.05, 0.1) is 10.2 Å². The zero-order valence-electron chi connectivity index (χ0n) is 11.8. The molecular formula is C15H20N2OS. The van der Waals surface area contributed by atoms with E-state index >= 15 is 0 Å². The van der Waals surface area contributed by atoms with Crippen LogP contribution < -0.4 is 4.80 Å². The highest BCUT2D eigenvalue weighted by atomic mass is 32.1. The third-order valence-corrected chi connectivity index (χ3v) is 4.21. The second kappa shape index (κ2) is 6.15. The van der Waals surface area contributed by atoms with Crippen LogP contribution in [-0.4, -0.2) is 10.5 Å². The first-order chi connectivity index (χ1) is 9.21. The second-order valence-corrected chi connectivity index (χ2v) is 5.51. The van der Waals surface area contributed by atoms with Gasteiger partial charge < -0.3 is 4.57 Å². The first kappa shape index (κ1) is 14.0. The lowest BCUT2D eigenvalue weighted by molar-refractivity contribution is -0.118. The Morgan fingerprint density at radius 3 is 2.74 bits per heavy atom. The van der Waals surface area contributed by atoms with Gasteiger partial charge in [0.15, 0.2) is 4.80 Å². The third kappa shape index (κ3) is 2.78. The number of rotatable bonds is 4. The van der Waals surface area contributed by atoms with Gasteiger partial charge in [0.2, 0.25) is 5.91 Å². The van der Waals surface area contributed by atoms with E-state index in [0.717, 1.165) is 24.2 Å². The van der Waals surface area contributed by atoms with E-state index in [-0.39, 0.29) is 5.91 Å². The molecule has 0 N–H and O–H groups in total. The van der Waals surface area contributed by atoms with E-state index < -0.39 is 0 Å². The van der Waals surface area contributed by atoms with Gasteiger partial charge in [-0.1, -0.05) is 37.3 Å². The number of para-hydroxylation sites is 1. The Morgan fingerprint density at radius 2 is 2.11 bits per heavy atom. The summed E-state index contributed by atoms with van der Waals surface area (Å²) in [5, 5.41) is 0. The summed E-state index contributed by atoms with van der Waals surface area (Å²) in [6.45, 7) is 7.10. The molecule has 2 rings (SSSR count). The zero-order chi connectivity index (χ0) is 13.8. The van der Waals surface area contributed by atoms with Crippen LogP contribution in [0.4, 0.5) is 0 Å². The molecule has 19 heavy (non-hydrogen) atoms. The molecule has 3 nitrogen and oxygen atoms in total. The fourth-order valence-electron chi connectivity index (χ4n) is 2.24. The second-order valence-electron chi connectivity index (χ2n) is 4.50. The topological polar surface area (TPSA) is 34.4 Å². The first-order valence-electron chi connectivity index (χ1n) is 6.90. The van der Waals surface area contributed by atoms with Crippen LogP contribution in [0.25, 0.3) is 10.2 Å². The SMILES string of the molecule is CCCC(=O)N=c1sc2cccc(CC)c2n1CC. The molecule has 0 spiro atoms. The van der Waals surface area contributed by atoms with Crippen molar-refractivity contribution in [2.45, 2.75) is 46.6 Å². The largest absolute Gasteiger partial charge is 0.316 e. The molecule has 4 heteroatoms. The van der Waals surface area contributed by atoms with Crippen molar-refractivity contribution >= 4 is 27.5 Å². The van der Waals surface area contributed by atoms with Gasteiger partial charge in [-0.2, -0.15) is 4.99 Å². The number of carbonyl (C=O) groups is 1. The van der Waals surface area contributed by atoms with Gasteiger partial charge >= 0.3 is 0 Å². The van der Waals surface area contributed by atoms with E-state index in [2.05, 4.69) is 41.6 Å². The van der Waals surface area contributed by atoms with Gasteiger partial charge in [-0.15, -0.1) is 0 Å². The van der Waals surface area contributed by atoms with Crippen LogP contribution in [0.1, 0.15) is 39.2 Å². The van der Waals surface area contributed by atoms with Crippen molar-refractivity contribution in [3.63, 3.8) is 0 Å². The molecule has 0 aliphatic heterocycles. The van der Waals surface area contributed by atoms with Crippen LogP contribution in [-0.2, 0) is 17.8 Å². The van der Waals surface area contributed by atoms with E-state index in [4.69, 9.17) is 0 Å². The summed E-state index contributed by atoms with van der Waals surface area (Å²) in [6, 6.07) is 6.34. The average molecular weight is 276 g/mol. The molecule has 0 aliphatic carbocycles. The summed E-state index contributed by atoms with van der Waals surface area (Å²) in [5.74, 6) is -0.0192. The summed E-state index contributed by atoms with van der Waals surface area (Å²) in [5.41, 5.74) is 2.56. The molecule has 0 atom stereocenters. The van der Waals surface area contributed by atoms with Crippen molar-refractivity contribution in [1.82, 2.24) is 4.57 Å². The van der Waals surface area contributed by atoms with Crippen LogP contribution in [0, 0.1) is 0 Å². The number of nitrogens with zero attached hydrogens (tertiary/aromatic N) is 2. The number of carbonyl (C=O) groups excluding carboxylic acids is 1. The van der Waals surface area contributed by atoms with E-state index in [9.17, 15) is 4.79 Å². The smallest absolute Gasteiger partial charge is 0.248 e. The van der Waals surface area contributed by atoms with Gasteiger partial charge in [-0.05, 0) is 31.4 Å². The van der Waals surface area contributed by atoms with E-state index in [1.807, 2.05) is 6.92 Å². The number of benzene rings is 1. The lowest BCUT2D eigenvalue weighted by Gasteiger charge is -2.04. The molecule has 0 saturated heterocycles. The van der Waals surface area contributed by atoms with Crippen molar-refractivity contribution in [2.24, 2.45) is 4.99 Å². The summed E-state index contributed by atoms with van der Waals surface area (Å²) in [6.07, 6.45) is 2.37. The molecular weight excluding hydrogens is 256 g/mol. The molecule has 102 valence electrons. The molecule has 0 fully saturated rings. The van der Waals surface area contributed by atoms with Crippen LogP contribution in [0.5, 0.6) is 0 Å². The summed E-state index contributed by atoms with van der Waals surface area (Å²) < 4.78 is 3.37. The summed E-state index contributed by atoms with van der Waals surface area (Å²) in [4.78, 5) is 16.8. The number of fused-ring (bicyclic) bond motifs is 1. The molecule has 1 amide bonds. The molecule has 2 aromatic rings. The zero-order valence-corrected chi connectivity index (χ0v) is 12.6. The maximum absolute atomic E-state index is 11.7. The van der Waals surface area contributed by atoms with Crippen LogP contribution >= 0.6 is 11.3 Å². The predicted octanol–water partition coefficient (Wildman–Crippen LogP) is 3.51. The highest BCUT2D eigenvalue weighted by Gasteiger charge is 2.09. The quantitative estimate of drug-likeness (QED) is 0.841. The lowest BCUT2D eigenvalue weighted by Crippen LogP contribution is -2.16. The molecule has 1 heterocycles. The maximum Gasteiger partial charge on any atom is 0.248 e. The first-order valence-corrected chi connectivity index (χ1v) is 7.71.